The number of hydrogen-bond donors (Lipinski definition) is 1. The highest BCUT2D eigenvalue weighted by atomic mass is 32.2. The van der Waals surface area contributed by atoms with Gasteiger partial charge in [0.25, 0.3) is 0 Å². The van der Waals surface area contributed by atoms with E-state index in [4.69, 9.17) is 0 Å². The zero-order valence-corrected chi connectivity index (χ0v) is 13.2. The highest BCUT2D eigenvalue weighted by Crippen LogP contribution is 2.36. The minimum atomic E-state index is -3.01. The Hall–Kier alpha value is -0.880. The van der Waals surface area contributed by atoms with Crippen molar-refractivity contribution in [3.8, 4) is 0 Å². The summed E-state index contributed by atoms with van der Waals surface area (Å²) >= 11 is 0. The molecule has 20 heavy (non-hydrogen) atoms. The first-order chi connectivity index (χ1) is 9.29. The van der Waals surface area contributed by atoms with Crippen LogP contribution in [-0.2, 0) is 9.84 Å². The second-order valence-corrected chi connectivity index (χ2v) is 8.50. The minimum Gasteiger partial charge on any atom is -0.388 e. The molecule has 2 rings (SSSR count). The molecule has 1 aliphatic carbocycles. The summed E-state index contributed by atoms with van der Waals surface area (Å²) in [6, 6.07) is 0.256. The van der Waals surface area contributed by atoms with Crippen molar-refractivity contribution in [2.75, 3.05) is 6.26 Å². The molecule has 0 aromatic carbocycles. The van der Waals surface area contributed by atoms with Crippen molar-refractivity contribution in [1.29, 1.82) is 0 Å². The zero-order chi connectivity index (χ0) is 14.9. The number of aliphatic hydroxyl groups excluding tert-OH is 1. The van der Waals surface area contributed by atoms with Crippen LogP contribution >= 0.6 is 0 Å². The highest BCUT2D eigenvalue weighted by molar-refractivity contribution is 7.91. The molecule has 0 saturated heterocycles. The van der Waals surface area contributed by atoms with E-state index < -0.39 is 15.9 Å². The summed E-state index contributed by atoms with van der Waals surface area (Å²) in [6.45, 7) is 4.06. The molecule has 5 nitrogen and oxygen atoms in total. The first-order valence-electron chi connectivity index (χ1n) is 7.20. The van der Waals surface area contributed by atoms with E-state index in [1.165, 1.54) is 6.26 Å². The number of aromatic nitrogens is 2. The topological polar surface area (TPSA) is 72.2 Å². The lowest BCUT2D eigenvalue weighted by atomic mass is 9.83. The number of sulfone groups is 1. The average Bonchev–Trinajstić information content (AvgIpc) is 2.87. The second-order valence-electron chi connectivity index (χ2n) is 6.17. The van der Waals surface area contributed by atoms with Crippen LogP contribution in [0.3, 0.4) is 0 Å². The fourth-order valence-electron chi connectivity index (χ4n) is 2.92. The Morgan fingerprint density at radius 3 is 2.65 bits per heavy atom. The van der Waals surface area contributed by atoms with E-state index in [9.17, 15) is 13.5 Å². The maximum absolute atomic E-state index is 11.7. The molecule has 0 amide bonds. The molecule has 1 aromatic rings. The zero-order valence-electron chi connectivity index (χ0n) is 12.4. The van der Waals surface area contributed by atoms with Crippen LogP contribution in [0.4, 0.5) is 0 Å². The smallest absolute Gasteiger partial charge is 0.150 e. The molecule has 0 radical (unpaired) electrons. The van der Waals surface area contributed by atoms with Crippen LogP contribution in [0.25, 0.3) is 0 Å². The van der Waals surface area contributed by atoms with Crippen molar-refractivity contribution in [3.63, 3.8) is 0 Å². The second kappa shape index (κ2) is 5.85. The van der Waals surface area contributed by atoms with Gasteiger partial charge in [-0.1, -0.05) is 6.42 Å². The van der Waals surface area contributed by atoms with Crippen molar-refractivity contribution >= 4 is 9.84 Å². The maximum atomic E-state index is 11.7. The van der Waals surface area contributed by atoms with Gasteiger partial charge in [-0.2, -0.15) is 5.10 Å². The summed E-state index contributed by atoms with van der Waals surface area (Å²) in [5.41, 5.74) is 0.790. The van der Waals surface area contributed by atoms with E-state index in [1.54, 1.807) is 6.20 Å². The molecule has 0 aliphatic heterocycles. The molecule has 1 aromatic heterocycles. The predicted molar refractivity (Wildman–Crippen MR) is 78.2 cm³/mol. The van der Waals surface area contributed by atoms with Gasteiger partial charge in [-0.3, -0.25) is 4.68 Å². The molecule has 0 bridgehead atoms. The van der Waals surface area contributed by atoms with Crippen molar-refractivity contribution in [1.82, 2.24) is 9.78 Å². The molecule has 1 N–H and O–H groups in total. The van der Waals surface area contributed by atoms with Crippen molar-refractivity contribution in [2.24, 2.45) is 5.92 Å². The number of rotatable bonds is 4. The number of hydrogen-bond acceptors (Lipinski definition) is 4. The van der Waals surface area contributed by atoms with E-state index >= 15 is 0 Å². The Labute approximate surface area is 120 Å². The summed E-state index contributed by atoms with van der Waals surface area (Å²) in [5.74, 6) is 0.00767. The Kier molecular flexibility index (Phi) is 4.54. The van der Waals surface area contributed by atoms with Gasteiger partial charge in [0, 0.05) is 24.1 Å². The third kappa shape index (κ3) is 3.41. The van der Waals surface area contributed by atoms with E-state index in [-0.39, 0.29) is 17.2 Å². The van der Waals surface area contributed by atoms with Crippen molar-refractivity contribution < 1.29 is 13.5 Å². The van der Waals surface area contributed by atoms with Crippen LogP contribution in [-0.4, -0.2) is 34.8 Å². The van der Waals surface area contributed by atoms with E-state index in [0.29, 0.717) is 12.8 Å². The molecule has 114 valence electrons. The summed E-state index contributed by atoms with van der Waals surface area (Å²) in [4.78, 5) is 0. The molecule has 1 fully saturated rings. The molecule has 3 unspecified atom stereocenters. The largest absolute Gasteiger partial charge is 0.388 e. The van der Waals surface area contributed by atoms with Gasteiger partial charge < -0.3 is 5.11 Å². The van der Waals surface area contributed by atoms with Gasteiger partial charge in [0.2, 0.25) is 0 Å². The lowest BCUT2D eigenvalue weighted by molar-refractivity contribution is 0.0856. The van der Waals surface area contributed by atoms with Gasteiger partial charge in [-0.05, 0) is 39.0 Å². The van der Waals surface area contributed by atoms with Crippen LogP contribution in [0.2, 0.25) is 0 Å². The van der Waals surface area contributed by atoms with Crippen LogP contribution in [0.1, 0.15) is 57.2 Å². The first kappa shape index (κ1) is 15.5. The third-order valence-corrected chi connectivity index (χ3v) is 5.85. The molecule has 1 saturated carbocycles. The molecular formula is C14H24N2O3S. The quantitative estimate of drug-likeness (QED) is 0.924. The van der Waals surface area contributed by atoms with Gasteiger partial charge in [0.05, 0.1) is 17.6 Å². The lowest BCUT2D eigenvalue weighted by Gasteiger charge is -2.30. The molecular weight excluding hydrogens is 276 g/mol. The Balaban J connectivity index is 2.10. The molecule has 6 heteroatoms. The molecule has 0 spiro atoms. The number of aliphatic hydroxyl groups is 1. The molecule has 1 heterocycles. The van der Waals surface area contributed by atoms with Crippen molar-refractivity contribution in [2.45, 2.75) is 56.9 Å². The Bertz CT molecular complexity index is 551. The standard InChI is InChI=1S/C14H24N2O3S/c1-10(2)16-9-12(8-15-16)14(17)11-5-4-6-13(7-11)20(3,18)19/h8-11,13-14,17H,4-7H2,1-3H3. The van der Waals surface area contributed by atoms with Crippen LogP contribution in [0, 0.1) is 5.92 Å². The van der Waals surface area contributed by atoms with Gasteiger partial charge >= 0.3 is 0 Å². The fourth-order valence-corrected chi connectivity index (χ4v) is 4.11. The SMILES string of the molecule is CC(C)n1cc(C(O)C2CCCC(S(C)(=O)=O)C2)cn1. The normalized spacial score (nSPS) is 25.9. The third-order valence-electron chi connectivity index (χ3n) is 4.21. The Morgan fingerprint density at radius 2 is 2.10 bits per heavy atom. The Morgan fingerprint density at radius 1 is 1.40 bits per heavy atom. The van der Waals surface area contributed by atoms with Gasteiger partial charge in [0.1, 0.15) is 9.84 Å². The van der Waals surface area contributed by atoms with Crippen LogP contribution in [0.5, 0.6) is 0 Å². The van der Waals surface area contributed by atoms with Crippen LogP contribution < -0.4 is 0 Å². The minimum absolute atomic E-state index is 0.00767. The lowest BCUT2D eigenvalue weighted by Crippen LogP contribution is -2.30. The van der Waals surface area contributed by atoms with Crippen LogP contribution in [0.15, 0.2) is 12.4 Å². The summed E-state index contributed by atoms with van der Waals surface area (Å²) in [5, 5.41) is 14.4. The highest BCUT2D eigenvalue weighted by Gasteiger charge is 2.33. The summed E-state index contributed by atoms with van der Waals surface area (Å²) in [6.07, 6.45) is 7.22. The van der Waals surface area contributed by atoms with Crippen molar-refractivity contribution in [3.05, 3.63) is 18.0 Å². The first-order valence-corrected chi connectivity index (χ1v) is 9.15. The van der Waals surface area contributed by atoms with E-state index in [0.717, 1.165) is 18.4 Å². The molecule has 1 aliphatic rings. The van der Waals surface area contributed by atoms with Gasteiger partial charge in [-0.25, -0.2) is 8.42 Å². The molecule has 3 atom stereocenters. The number of nitrogens with zero attached hydrogens (tertiary/aromatic N) is 2. The average molecular weight is 300 g/mol. The maximum Gasteiger partial charge on any atom is 0.150 e. The summed E-state index contributed by atoms with van der Waals surface area (Å²) < 4.78 is 25.2. The van der Waals surface area contributed by atoms with Gasteiger partial charge in [-0.15, -0.1) is 0 Å². The monoisotopic (exact) mass is 300 g/mol. The predicted octanol–water partition coefficient (Wildman–Crippen LogP) is 2.10. The van der Waals surface area contributed by atoms with Gasteiger partial charge in [0.15, 0.2) is 0 Å². The van der Waals surface area contributed by atoms with E-state index in [1.807, 2.05) is 24.7 Å². The van der Waals surface area contributed by atoms with E-state index in [2.05, 4.69) is 5.10 Å². The summed E-state index contributed by atoms with van der Waals surface area (Å²) in [7, 11) is -3.01. The fraction of sp³-hybridized carbons (Fsp3) is 0.786.